The number of ether oxygens (including phenoxy) is 1. The van der Waals surface area contributed by atoms with Gasteiger partial charge in [0.2, 0.25) is 5.91 Å². The van der Waals surface area contributed by atoms with Gasteiger partial charge in [0.05, 0.1) is 13.0 Å². The summed E-state index contributed by atoms with van der Waals surface area (Å²) in [5, 5.41) is 5.20. The lowest BCUT2D eigenvalue weighted by molar-refractivity contribution is -0.120. The highest BCUT2D eigenvalue weighted by Gasteiger charge is 2.06. The molecule has 3 heteroatoms. The summed E-state index contributed by atoms with van der Waals surface area (Å²) in [4.78, 5) is 12.1. The van der Waals surface area contributed by atoms with Gasteiger partial charge >= 0.3 is 0 Å². The predicted molar refractivity (Wildman–Crippen MR) is 97.3 cm³/mol. The van der Waals surface area contributed by atoms with Crippen LogP contribution in [0, 0.1) is 6.92 Å². The maximum Gasteiger partial charge on any atom is 0.224 e. The van der Waals surface area contributed by atoms with Crippen LogP contribution >= 0.6 is 0 Å². The molecule has 3 nitrogen and oxygen atoms in total. The Balaban J connectivity index is 1.49. The Labute approximate surface area is 142 Å². The lowest BCUT2D eigenvalue weighted by Crippen LogP contribution is -2.29. The van der Waals surface area contributed by atoms with Gasteiger partial charge in [-0.05, 0) is 35.4 Å². The van der Waals surface area contributed by atoms with Crippen molar-refractivity contribution in [3.63, 3.8) is 0 Å². The van der Waals surface area contributed by atoms with Crippen molar-refractivity contribution >= 4 is 16.7 Å². The Kier molecular flexibility index (Phi) is 5.12. The highest BCUT2D eigenvalue weighted by atomic mass is 16.5. The number of hydrogen-bond donors (Lipinski definition) is 1. The topological polar surface area (TPSA) is 38.3 Å². The van der Waals surface area contributed by atoms with Crippen LogP contribution in [0.25, 0.3) is 10.8 Å². The molecule has 0 aliphatic carbocycles. The molecule has 0 aromatic heterocycles. The third-order valence-corrected chi connectivity index (χ3v) is 3.94. The highest BCUT2D eigenvalue weighted by molar-refractivity contribution is 5.90. The fourth-order valence-corrected chi connectivity index (χ4v) is 2.68. The van der Waals surface area contributed by atoms with Gasteiger partial charge in [0.15, 0.2) is 0 Å². The first kappa shape index (κ1) is 16.1. The molecule has 1 amide bonds. The summed E-state index contributed by atoms with van der Waals surface area (Å²) >= 11 is 0. The minimum atomic E-state index is 0.0128. The summed E-state index contributed by atoms with van der Waals surface area (Å²) in [7, 11) is 0. The van der Waals surface area contributed by atoms with E-state index in [9.17, 15) is 4.79 Å². The zero-order valence-electron chi connectivity index (χ0n) is 13.8. The molecule has 24 heavy (non-hydrogen) atoms. The second-order valence-electron chi connectivity index (χ2n) is 5.83. The van der Waals surface area contributed by atoms with Gasteiger partial charge in [0.25, 0.3) is 0 Å². The van der Waals surface area contributed by atoms with Gasteiger partial charge in [-0.2, -0.15) is 0 Å². The van der Waals surface area contributed by atoms with E-state index in [0.717, 1.165) is 22.1 Å². The van der Waals surface area contributed by atoms with Crippen molar-refractivity contribution in [2.24, 2.45) is 0 Å². The summed E-state index contributed by atoms with van der Waals surface area (Å²) in [5.41, 5.74) is 2.25. The molecule has 0 atom stereocenters. The molecule has 3 aromatic rings. The van der Waals surface area contributed by atoms with Crippen LogP contribution in [-0.2, 0) is 11.2 Å². The van der Waals surface area contributed by atoms with Crippen LogP contribution in [0.1, 0.15) is 11.1 Å². The van der Waals surface area contributed by atoms with Crippen LogP contribution < -0.4 is 10.1 Å². The van der Waals surface area contributed by atoms with Crippen molar-refractivity contribution < 1.29 is 9.53 Å². The number of nitrogens with one attached hydrogen (secondary N) is 1. The van der Waals surface area contributed by atoms with Gasteiger partial charge in [0.1, 0.15) is 12.4 Å². The largest absolute Gasteiger partial charge is 0.492 e. The molecule has 122 valence electrons. The summed E-state index contributed by atoms with van der Waals surface area (Å²) in [6.07, 6.45) is 0.381. The molecule has 0 radical (unpaired) electrons. The number of carbonyl (C=O) groups excluding carboxylic acids is 1. The molecule has 0 aliphatic rings. The third kappa shape index (κ3) is 4.13. The maximum absolute atomic E-state index is 12.1. The quantitative estimate of drug-likeness (QED) is 0.700. The van der Waals surface area contributed by atoms with Crippen LogP contribution in [-0.4, -0.2) is 19.1 Å². The highest BCUT2D eigenvalue weighted by Crippen LogP contribution is 2.18. The van der Waals surface area contributed by atoms with E-state index in [1.165, 1.54) is 5.56 Å². The zero-order chi connectivity index (χ0) is 16.8. The van der Waals surface area contributed by atoms with Gasteiger partial charge in [-0.25, -0.2) is 0 Å². The summed E-state index contributed by atoms with van der Waals surface area (Å²) in [6, 6.07) is 22.1. The van der Waals surface area contributed by atoms with E-state index >= 15 is 0 Å². The van der Waals surface area contributed by atoms with Gasteiger partial charge in [0, 0.05) is 0 Å². The molecule has 0 fully saturated rings. The lowest BCUT2D eigenvalue weighted by Gasteiger charge is -2.09. The summed E-state index contributed by atoms with van der Waals surface area (Å²) < 4.78 is 5.62. The fraction of sp³-hybridized carbons (Fsp3) is 0.190. The van der Waals surface area contributed by atoms with E-state index < -0.39 is 0 Å². The molecular formula is C21H21NO2. The second kappa shape index (κ2) is 7.64. The number of rotatable bonds is 6. The number of fused-ring (bicyclic) bond motifs is 1. The number of amides is 1. The van der Waals surface area contributed by atoms with Gasteiger partial charge < -0.3 is 10.1 Å². The van der Waals surface area contributed by atoms with Crippen molar-refractivity contribution in [1.82, 2.24) is 5.32 Å². The fourth-order valence-electron chi connectivity index (χ4n) is 2.68. The van der Waals surface area contributed by atoms with Crippen LogP contribution in [0.2, 0.25) is 0 Å². The standard InChI is InChI=1S/C21H21NO2/c1-16-9-11-19(12-10-16)24-14-13-22-21(23)15-18-7-4-6-17-5-2-3-8-20(17)18/h2-12H,13-15H2,1H3,(H,22,23). The van der Waals surface area contributed by atoms with E-state index in [1.54, 1.807) is 0 Å². The average Bonchev–Trinajstić information content (AvgIpc) is 2.61. The lowest BCUT2D eigenvalue weighted by atomic mass is 10.0. The molecule has 0 unspecified atom stereocenters. The molecule has 0 aliphatic heterocycles. The molecule has 0 heterocycles. The van der Waals surface area contributed by atoms with E-state index in [-0.39, 0.29) is 5.91 Å². The van der Waals surface area contributed by atoms with Crippen molar-refractivity contribution in [3.8, 4) is 5.75 Å². The monoisotopic (exact) mass is 319 g/mol. The van der Waals surface area contributed by atoms with Crippen LogP contribution in [0.15, 0.2) is 66.7 Å². The number of carbonyl (C=O) groups is 1. The molecule has 0 bridgehead atoms. The molecule has 0 spiro atoms. The SMILES string of the molecule is Cc1ccc(OCCNC(=O)Cc2cccc3ccccc23)cc1. The second-order valence-corrected chi connectivity index (χ2v) is 5.83. The van der Waals surface area contributed by atoms with Crippen molar-refractivity contribution in [2.45, 2.75) is 13.3 Å². The van der Waals surface area contributed by atoms with E-state index in [0.29, 0.717) is 19.6 Å². The third-order valence-electron chi connectivity index (χ3n) is 3.94. The Morgan fingerprint density at radius 3 is 2.54 bits per heavy atom. The molecule has 0 saturated carbocycles. The Hall–Kier alpha value is -2.81. The Morgan fingerprint density at radius 2 is 1.71 bits per heavy atom. The maximum atomic E-state index is 12.1. The first-order valence-corrected chi connectivity index (χ1v) is 8.15. The molecule has 1 N–H and O–H groups in total. The number of hydrogen-bond acceptors (Lipinski definition) is 2. The normalized spacial score (nSPS) is 10.5. The van der Waals surface area contributed by atoms with E-state index in [2.05, 4.69) is 23.5 Å². The van der Waals surface area contributed by atoms with Gasteiger partial charge in [-0.15, -0.1) is 0 Å². The average molecular weight is 319 g/mol. The minimum absolute atomic E-state index is 0.0128. The predicted octanol–water partition coefficient (Wildman–Crippen LogP) is 3.89. The van der Waals surface area contributed by atoms with Crippen LogP contribution in [0.4, 0.5) is 0 Å². The van der Waals surface area contributed by atoms with Crippen molar-refractivity contribution in [3.05, 3.63) is 77.9 Å². The summed E-state index contributed by atoms with van der Waals surface area (Å²) in [5.74, 6) is 0.836. The van der Waals surface area contributed by atoms with Crippen LogP contribution in [0.3, 0.4) is 0 Å². The molecule has 0 saturated heterocycles. The van der Waals surface area contributed by atoms with Crippen molar-refractivity contribution in [1.29, 1.82) is 0 Å². The van der Waals surface area contributed by atoms with Gasteiger partial charge in [-0.3, -0.25) is 4.79 Å². The number of aryl methyl sites for hydroxylation is 1. The number of benzene rings is 3. The molecular weight excluding hydrogens is 298 g/mol. The molecule has 3 aromatic carbocycles. The minimum Gasteiger partial charge on any atom is -0.492 e. The van der Waals surface area contributed by atoms with Crippen molar-refractivity contribution in [2.75, 3.05) is 13.2 Å². The van der Waals surface area contributed by atoms with E-state index in [4.69, 9.17) is 4.74 Å². The van der Waals surface area contributed by atoms with E-state index in [1.807, 2.05) is 55.5 Å². The first-order chi connectivity index (χ1) is 11.7. The summed E-state index contributed by atoms with van der Waals surface area (Å²) in [6.45, 7) is 3.00. The first-order valence-electron chi connectivity index (χ1n) is 8.15. The zero-order valence-corrected chi connectivity index (χ0v) is 13.8. The Bertz CT molecular complexity index is 819. The smallest absolute Gasteiger partial charge is 0.224 e. The Morgan fingerprint density at radius 1 is 0.958 bits per heavy atom. The molecule has 3 rings (SSSR count). The van der Waals surface area contributed by atoms with Gasteiger partial charge in [-0.1, -0.05) is 60.2 Å². The van der Waals surface area contributed by atoms with Crippen LogP contribution in [0.5, 0.6) is 5.75 Å².